The lowest BCUT2D eigenvalue weighted by atomic mass is 9.72. The van der Waals surface area contributed by atoms with Gasteiger partial charge in [-0.2, -0.15) is 0 Å². The molecule has 2 heteroatoms. The summed E-state index contributed by atoms with van der Waals surface area (Å²) in [6.45, 7) is 4.08. The number of piperidine rings is 1. The summed E-state index contributed by atoms with van der Waals surface area (Å²) in [5, 5.41) is 10.8. The molecule has 2 saturated heterocycles. The molecule has 1 N–H and O–H groups in total. The van der Waals surface area contributed by atoms with Crippen molar-refractivity contribution in [1.29, 1.82) is 0 Å². The summed E-state index contributed by atoms with van der Waals surface area (Å²) in [5.41, 5.74) is 1.78. The van der Waals surface area contributed by atoms with Gasteiger partial charge in [0.25, 0.3) is 0 Å². The summed E-state index contributed by atoms with van der Waals surface area (Å²) in [6.07, 6.45) is 3.69. The minimum Gasteiger partial charge on any atom is -0.382 e. The molecular formula is C14H19NO. The van der Waals surface area contributed by atoms with E-state index in [9.17, 15) is 5.11 Å². The van der Waals surface area contributed by atoms with E-state index in [4.69, 9.17) is 0 Å². The van der Waals surface area contributed by atoms with Crippen LogP contribution in [0.2, 0.25) is 0 Å². The summed E-state index contributed by atoms with van der Waals surface area (Å²) < 4.78 is 0. The first-order valence-electron chi connectivity index (χ1n) is 6.24. The predicted molar refractivity (Wildman–Crippen MR) is 64.3 cm³/mol. The molecule has 0 spiro atoms. The summed E-state index contributed by atoms with van der Waals surface area (Å²) in [5.74, 6) is 0. The maximum absolute atomic E-state index is 10.8. The van der Waals surface area contributed by atoms with Crippen molar-refractivity contribution >= 4 is 0 Å². The Morgan fingerprint density at radius 3 is 2.88 bits per heavy atom. The highest BCUT2D eigenvalue weighted by Gasteiger charge is 2.53. The number of aliphatic hydroxyl groups is 1. The lowest BCUT2D eigenvalue weighted by Crippen LogP contribution is -2.68. The Hall–Kier alpha value is -0.860. The molecule has 0 aliphatic carbocycles. The van der Waals surface area contributed by atoms with Crippen LogP contribution in [-0.4, -0.2) is 29.1 Å². The fraction of sp³-hybridized carbons (Fsp3) is 0.571. The normalized spacial score (nSPS) is 34.2. The molecule has 2 aliphatic heterocycles. The Labute approximate surface area is 96.9 Å². The minimum absolute atomic E-state index is 0.363. The van der Waals surface area contributed by atoms with E-state index in [1.165, 1.54) is 24.9 Å². The van der Waals surface area contributed by atoms with Gasteiger partial charge in [-0.25, -0.2) is 0 Å². The van der Waals surface area contributed by atoms with E-state index < -0.39 is 5.60 Å². The third kappa shape index (κ3) is 1.33. The second kappa shape index (κ2) is 3.57. The van der Waals surface area contributed by atoms with Gasteiger partial charge in [0, 0.05) is 12.6 Å². The molecule has 2 fully saturated rings. The fourth-order valence-corrected chi connectivity index (χ4v) is 3.35. The Balaban J connectivity index is 1.92. The molecule has 0 radical (unpaired) electrons. The molecule has 0 bridgehead atoms. The molecule has 0 saturated carbocycles. The Morgan fingerprint density at radius 2 is 2.12 bits per heavy atom. The van der Waals surface area contributed by atoms with Crippen LogP contribution in [0.4, 0.5) is 0 Å². The number of fused-ring (bicyclic) bond motifs is 1. The number of hydrogen-bond acceptors (Lipinski definition) is 2. The average Bonchev–Trinajstić information content (AvgIpc) is 2.28. The standard InChI is InChI=1S/C14H19NO/c1-11-6-2-3-7-12(11)14(16)10-15-9-5-4-8-13(14)15/h2-3,6-7,13,16H,4-5,8-10H2,1H3. The SMILES string of the molecule is Cc1ccccc1C1(O)CN2CCCCC21. The zero-order valence-electron chi connectivity index (χ0n) is 9.82. The summed E-state index contributed by atoms with van der Waals surface area (Å²) in [6, 6.07) is 8.62. The Morgan fingerprint density at radius 1 is 1.31 bits per heavy atom. The van der Waals surface area contributed by atoms with Crippen LogP contribution in [0.5, 0.6) is 0 Å². The second-order valence-corrected chi connectivity index (χ2v) is 5.22. The van der Waals surface area contributed by atoms with Crippen LogP contribution in [-0.2, 0) is 5.60 Å². The van der Waals surface area contributed by atoms with Crippen molar-refractivity contribution < 1.29 is 5.11 Å². The number of hydrogen-bond donors (Lipinski definition) is 1. The maximum atomic E-state index is 10.8. The van der Waals surface area contributed by atoms with Gasteiger partial charge in [0.1, 0.15) is 5.60 Å². The van der Waals surface area contributed by atoms with Crippen LogP contribution in [0.15, 0.2) is 24.3 Å². The van der Waals surface area contributed by atoms with Crippen molar-refractivity contribution in [3.05, 3.63) is 35.4 Å². The molecule has 2 nitrogen and oxygen atoms in total. The first-order chi connectivity index (χ1) is 7.72. The topological polar surface area (TPSA) is 23.5 Å². The Bertz CT molecular complexity index is 403. The van der Waals surface area contributed by atoms with Gasteiger partial charge >= 0.3 is 0 Å². The molecule has 3 rings (SSSR count). The van der Waals surface area contributed by atoms with Crippen LogP contribution in [0, 0.1) is 6.92 Å². The monoisotopic (exact) mass is 217 g/mol. The molecule has 2 heterocycles. The lowest BCUT2D eigenvalue weighted by Gasteiger charge is -2.57. The van der Waals surface area contributed by atoms with Crippen molar-refractivity contribution in [2.75, 3.05) is 13.1 Å². The van der Waals surface area contributed by atoms with Crippen molar-refractivity contribution in [2.45, 2.75) is 37.8 Å². The summed E-state index contributed by atoms with van der Waals surface area (Å²) in [7, 11) is 0. The van der Waals surface area contributed by atoms with Crippen molar-refractivity contribution in [3.63, 3.8) is 0 Å². The molecular weight excluding hydrogens is 198 g/mol. The van der Waals surface area contributed by atoms with Crippen molar-refractivity contribution in [2.24, 2.45) is 0 Å². The van der Waals surface area contributed by atoms with Gasteiger partial charge in [0.2, 0.25) is 0 Å². The number of benzene rings is 1. The van der Waals surface area contributed by atoms with Gasteiger partial charge in [0.05, 0.1) is 0 Å². The molecule has 16 heavy (non-hydrogen) atoms. The highest BCUT2D eigenvalue weighted by atomic mass is 16.3. The first-order valence-corrected chi connectivity index (χ1v) is 6.24. The summed E-state index contributed by atoms with van der Waals surface area (Å²) in [4.78, 5) is 2.43. The molecule has 2 unspecified atom stereocenters. The quantitative estimate of drug-likeness (QED) is 0.778. The average molecular weight is 217 g/mol. The third-order valence-corrected chi connectivity index (χ3v) is 4.22. The van der Waals surface area contributed by atoms with Gasteiger partial charge in [0.15, 0.2) is 0 Å². The van der Waals surface area contributed by atoms with E-state index in [1.54, 1.807) is 0 Å². The van der Waals surface area contributed by atoms with Gasteiger partial charge in [-0.05, 0) is 37.4 Å². The van der Waals surface area contributed by atoms with Gasteiger partial charge in [-0.3, -0.25) is 4.90 Å². The predicted octanol–water partition coefficient (Wildman–Crippen LogP) is 2.05. The lowest BCUT2D eigenvalue weighted by molar-refractivity contribution is -0.172. The van der Waals surface area contributed by atoms with Crippen LogP contribution in [0.1, 0.15) is 30.4 Å². The van der Waals surface area contributed by atoms with E-state index in [2.05, 4.69) is 24.0 Å². The van der Waals surface area contributed by atoms with Crippen LogP contribution in [0.25, 0.3) is 0 Å². The summed E-state index contributed by atoms with van der Waals surface area (Å²) >= 11 is 0. The zero-order chi connectivity index (χ0) is 11.2. The smallest absolute Gasteiger partial charge is 0.118 e. The van der Waals surface area contributed by atoms with E-state index in [0.717, 1.165) is 18.5 Å². The molecule has 1 aromatic carbocycles. The second-order valence-electron chi connectivity index (χ2n) is 5.22. The molecule has 0 amide bonds. The van der Waals surface area contributed by atoms with Crippen molar-refractivity contribution in [1.82, 2.24) is 4.90 Å². The van der Waals surface area contributed by atoms with E-state index in [1.807, 2.05) is 12.1 Å². The van der Waals surface area contributed by atoms with Crippen LogP contribution in [0.3, 0.4) is 0 Å². The van der Waals surface area contributed by atoms with E-state index in [-0.39, 0.29) is 0 Å². The minimum atomic E-state index is -0.578. The first kappa shape index (κ1) is 10.3. The molecule has 0 aromatic heterocycles. The fourth-order valence-electron chi connectivity index (χ4n) is 3.35. The number of rotatable bonds is 1. The maximum Gasteiger partial charge on any atom is 0.118 e. The Kier molecular flexibility index (Phi) is 2.30. The van der Waals surface area contributed by atoms with Gasteiger partial charge < -0.3 is 5.11 Å². The van der Waals surface area contributed by atoms with Crippen LogP contribution < -0.4 is 0 Å². The van der Waals surface area contributed by atoms with Gasteiger partial charge in [-0.15, -0.1) is 0 Å². The largest absolute Gasteiger partial charge is 0.382 e. The highest BCUT2D eigenvalue weighted by molar-refractivity contribution is 5.36. The van der Waals surface area contributed by atoms with E-state index in [0.29, 0.717) is 6.04 Å². The molecule has 2 atom stereocenters. The molecule has 2 aliphatic rings. The highest BCUT2D eigenvalue weighted by Crippen LogP contribution is 2.44. The molecule has 1 aromatic rings. The van der Waals surface area contributed by atoms with Gasteiger partial charge in [-0.1, -0.05) is 30.7 Å². The van der Waals surface area contributed by atoms with Crippen molar-refractivity contribution in [3.8, 4) is 0 Å². The third-order valence-electron chi connectivity index (χ3n) is 4.22. The number of nitrogens with zero attached hydrogens (tertiary/aromatic N) is 1. The zero-order valence-corrected chi connectivity index (χ0v) is 9.82. The number of aryl methyl sites for hydroxylation is 1. The molecule has 86 valence electrons. The van der Waals surface area contributed by atoms with E-state index >= 15 is 0 Å². The van der Waals surface area contributed by atoms with Crippen LogP contribution >= 0.6 is 0 Å².